The van der Waals surface area contributed by atoms with Crippen molar-refractivity contribution in [3.63, 3.8) is 0 Å². The van der Waals surface area contributed by atoms with E-state index in [0.29, 0.717) is 17.9 Å². The van der Waals surface area contributed by atoms with Gasteiger partial charge in [0.1, 0.15) is 5.92 Å². The van der Waals surface area contributed by atoms with Gasteiger partial charge in [0.15, 0.2) is 0 Å². The van der Waals surface area contributed by atoms with Crippen LogP contribution in [0.15, 0.2) is 10.6 Å². The fraction of sp³-hybridized carbons (Fsp3) is 0.667. The van der Waals surface area contributed by atoms with Gasteiger partial charge in [0.25, 0.3) is 0 Å². The number of carboxylic acid groups (broad SMARTS) is 2. The zero-order valence-corrected chi connectivity index (χ0v) is 14.7. The van der Waals surface area contributed by atoms with Gasteiger partial charge in [0.05, 0.1) is 29.2 Å². The molecule has 4 atom stereocenters. The van der Waals surface area contributed by atoms with Gasteiger partial charge in [0.2, 0.25) is 0 Å². The number of rotatable bonds is 5. The molecule has 1 saturated heterocycles. The quantitative estimate of drug-likeness (QED) is 0.436. The Labute approximate surface area is 148 Å². The van der Waals surface area contributed by atoms with Crippen LogP contribution in [-0.2, 0) is 14.3 Å². The molecule has 2 rings (SSSR count). The van der Waals surface area contributed by atoms with Gasteiger partial charge in [-0.25, -0.2) is 0 Å². The maximum atomic E-state index is 11.2. The Kier molecular flexibility index (Phi) is 7.02. The van der Waals surface area contributed by atoms with Crippen molar-refractivity contribution in [2.24, 2.45) is 5.92 Å². The van der Waals surface area contributed by atoms with Crippen molar-refractivity contribution in [1.29, 1.82) is 0 Å². The number of aliphatic hydroxyl groups is 1. The molecule has 9 heteroatoms. The molecule has 3 N–H and O–H groups in total. The van der Waals surface area contributed by atoms with E-state index < -0.39 is 29.3 Å². The summed E-state index contributed by atoms with van der Waals surface area (Å²) in [5.41, 5.74) is -0.126. The van der Waals surface area contributed by atoms with Crippen LogP contribution in [0, 0.1) is 5.92 Å². The summed E-state index contributed by atoms with van der Waals surface area (Å²) in [7, 11) is 0. The average molecular weight is 325 g/mol. The first kappa shape index (κ1) is 18.8. The van der Waals surface area contributed by atoms with Crippen molar-refractivity contribution < 1.29 is 59.2 Å². The Morgan fingerprint density at radius 3 is 2.62 bits per heavy atom. The van der Waals surface area contributed by atoms with E-state index in [0.717, 1.165) is 18.2 Å². The van der Waals surface area contributed by atoms with Gasteiger partial charge in [-0.3, -0.25) is 4.79 Å². The Morgan fingerprint density at radius 1 is 1.52 bits per heavy atom. The summed E-state index contributed by atoms with van der Waals surface area (Å²) in [4.78, 5) is 22.8. The maximum Gasteiger partial charge on any atom is 1.00 e. The van der Waals surface area contributed by atoms with Crippen LogP contribution in [0.4, 0.5) is 0 Å². The summed E-state index contributed by atoms with van der Waals surface area (Å²) >= 11 is 1.09. The van der Waals surface area contributed by atoms with Crippen molar-refractivity contribution in [3.8, 4) is 0 Å². The largest absolute Gasteiger partial charge is 1.00 e. The van der Waals surface area contributed by atoms with Crippen LogP contribution >= 0.6 is 11.8 Å². The molecule has 0 unspecified atom stereocenters. The molecule has 2 heterocycles. The molecule has 0 aromatic carbocycles. The summed E-state index contributed by atoms with van der Waals surface area (Å²) in [6, 6.07) is 0. The van der Waals surface area contributed by atoms with Crippen molar-refractivity contribution >= 4 is 23.7 Å². The number of ether oxygens (including phenoxy) is 1. The second kappa shape index (κ2) is 7.85. The first-order valence-electron chi connectivity index (χ1n) is 6.33. The Balaban J connectivity index is 0.00000220. The molecule has 2 aliphatic heterocycles. The second-order valence-electron chi connectivity index (χ2n) is 4.82. The fourth-order valence-electron chi connectivity index (χ4n) is 2.37. The third kappa shape index (κ3) is 4.14. The number of hydrogen-bond donors (Lipinski definition) is 3. The average Bonchev–Trinajstić information content (AvgIpc) is 2.94. The monoisotopic (exact) mass is 325 g/mol. The van der Waals surface area contributed by atoms with Gasteiger partial charge in [-0.2, -0.15) is 0 Å². The summed E-state index contributed by atoms with van der Waals surface area (Å²) < 4.78 is 5.45. The van der Waals surface area contributed by atoms with Crippen LogP contribution in [0.3, 0.4) is 0 Å². The predicted molar refractivity (Wildman–Crippen MR) is 68.3 cm³/mol. The summed E-state index contributed by atoms with van der Waals surface area (Å²) in [5, 5.41) is 31.8. The number of aliphatic carboxylic acids is 2. The number of nitrogens with one attached hydrogen (secondary N) is 1. The molecule has 2 aliphatic rings. The molecule has 112 valence electrons. The normalized spacial score (nSPS) is 27.7. The molecule has 1 fully saturated rings. The first-order valence-corrected chi connectivity index (χ1v) is 7.21. The summed E-state index contributed by atoms with van der Waals surface area (Å²) in [6.45, 7) is 1.92. The molecular formula is C12H16NNaO6S. The fourth-order valence-corrected chi connectivity index (χ4v) is 3.91. The molecular weight excluding hydrogens is 309 g/mol. The van der Waals surface area contributed by atoms with Crippen LogP contribution in [0.25, 0.3) is 0 Å². The Morgan fingerprint density at radius 2 is 2.19 bits per heavy atom. The zero-order valence-electron chi connectivity index (χ0n) is 11.9. The summed E-state index contributed by atoms with van der Waals surface area (Å²) in [5.74, 6) is -3.69. The molecule has 0 aliphatic carbocycles. The number of aliphatic hydroxyl groups excluding tert-OH is 1. The first-order chi connectivity index (χ1) is 9.41. The van der Waals surface area contributed by atoms with E-state index in [9.17, 15) is 19.8 Å². The van der Waals surface area contributed by atoms with Crippen LogP contribution in [0.1, 0.15) is 19.8 Å². The third-order valence-corrected chi connectivity index (χ3v) is 4.73. The van der Waals surface area contributed by atoms with E-state index in [2.05, 4.69) is 5.32 Å². The molecule has 0 saturated carbocycles. The Hall–Kier alpha value is -0.250. The smallest absolute Gasteiger partial charge is 0.543 e. The molecule has 0 radical (unpaired) electrons. The number of thioether (sulfide) groups is 1. The van der Waals surface area contributed by atoms with Crippen LogP contribution in [-0.4, -0.2) is 46.3 Å². The van der Waals surface area contributed by atoms with Crippen molar-refractivity contribution in [2.75, 3.05) is 6.61 Å². The molecule has 0 spiro atoms. The van der Waals surface area contributed by atoms with Crippen molar-refractivity contribution in [2.45, 2.75) is 37.3 Å². The Bertz CT molecular complexity index is 449. The number of carbonyl (C=O) groups excluding carboxylic acids is 1. The second-order valence-corrected chi connectivity index (χ2v) is 6.00. The number of hydrogen-bond acceptors (Lipinski definition) is 7. The zero-order chi connectivity index (χ0) is 14.9. The third-order valence-electron chi connectivity index (χ3n) is 3.34. The number of carbonyl (C=O) groups is 2. The van der Waals surface area contributed by atoms with Gasteiger partial charge < -0.3 is 30.2 Å². The van der Waals surface area contributed by atoms with E-state index in [4.69, 9.17) is 9.84 Å². The van der Waals surface area contributed by atoms with E-state index in [-0.39, 0.29) is 41.4 Å². The molecule has 7 nitrogen and oxygen atoms in total. The minimum Gasteiger partial charge on any atom is -0.543 e. The van der Waals surface area contributed by atoms with Gasteiger partial charge in [-0.15, -0.1) is 0 Å². The minimum atomic E-state index is -1.39. The standard InChI is InChI=1S/C12H17NO6S.Na/c1-5(14)7(11(15)16)10-13-8(12(17)18)9(20-10)6-3-2-4-19-6;/h5-7,10,13-14H,2-4H2,1H3,(H,15,16)(H,17,18);/q;+1/p-1/t5-,6-,7-,10-;/m1./s1. The van der Waals surface area contributed by atoms with Crippen molar-refractivity contribution in [1.82, 2.24) is 5.32 Å². The van der Waals surface area contributed by atoms with Crippen LogP contribution < -0.4 is 40.0 Å². The van der Waals surface area contributed by atoms with Crippen LogP contribution in [0.5, 0.6) is 0 Å². The molecule has 0 amide bonds. The van der Waals surface area contributed by atoms with Gasteiger partial charge >= 0.3 is 35.5 Å². The van der Waals surface area contributed by atoms with Gasteiger partial charge in [0, 0.05) is 11.5 Å². The van der Waals surface area contributed by atoms with E-state index in [1.54, 1.807) is 0 Å². The summed E-state index contributed by atoms with van der Waals surface area (Å²) in [6.07, 6.45) is 0.0801. The minimum absolute atomic E-state index is 0. The van der Waals surface area contributed by atoms with Gasteiger partial charge in [-0.1, -0.05) is 11.8 Å². The molecule has 0 bridgehead atoms. The molecule has 0 aromatic heterocycles. The molecule has 0 aromatic rings. The SMILES string of the molecule is C[C@@H](O)[C@@H](C(=O)O)[C@@H]1NC(C(=O)[O-])=C([C@H]2CCCO2)S1.[Na+]. The van der Waals surface area contributed by atoms with Crippen LogP contribution in [0.2, 0.25) is 0 Å². The molecule has 21 heavy (non-hydrogen) atoms. The topological polar surface area (TPSA) is 119 Å². The maximum absolute atomic E-state index is 11.2. The van der Waals surface area contributed by atoms with E-state index in [1.165, 1.54) is 6.92 Å². The van der Waals surface area contributed by atoms with E-state index >= 15 is 0 Å². The predicted octanol–water partition coefficient (Wildman–Crippen LogP) is -4.12. The van der Waals surface area contributed by atoms with Crippen molar-refractivity contribution in [3.05, 3.63) is 10.6 Å². The number of carboxylic acids is 2. The van der Waals surface area contributed by atoms with E-state index in [1.807, 2.05) is 0 Å². The van der Waals surface area contributed by atoms with Gasteiger partial charge in [-0.05, 0) is 19.8 Å².